The third-order valence-corrected chi connectivity index (χ3v) is 3.90. The molecule has 0 unspecified atom stereocenters. The van der Waals surface area contributed by atoms with Crippen LogP contribution in [0, 0.1) is 6.92 Å². The summed E-state index contributed by atoms with van der Waals surface area (Å²) < 4.78 is 0. The van der Waals surface area contributed by atoms with E-state index in [9.17, 15) is 9.59 Å². The zero-order chi connectivity index (χ0) is 15.4. The van der Waals surface area contributed by atoms with Crippen LogP contribution in [0.15, 0.2) is 18.2 Å². The van der Waals surface area contributed by atoms with Crippen molar-refractivity contribution in [2.45, 2.75) is 13.8 Å². The predicted octanol–water partition coefficient (Wildman–Crippen LogP) is 1.75. The molecule has 2 rings (SSSR count). The molecule has 0 saturated carbocycles. The van der Waals surface area contributed by atoms with Crippen LogP contribution in [0.25, 0.3) is 0 Å². The first kappa shape index (κ1) is 15.8. The number of amides is 2. The molecule has 0 atom stereocenters. The zero-order valence-electron chi connectivity index (χ0n) is 12.4. The van der Waals surface area contributed by atoms with Crippen molar-refractivity contribution >= 4 is 29.1 Å². The van der Waals surface area contributed by atoms with Gasteiger partial charge in [-0.2, -0.15) is 0 Å². The van der Waals surface area contributed by atoms with E-state index in [0.717, 1.165) is 5.56 Å². The van der Waals surface area contributed by atoms with Gasteiger partial charge in [-0.3, -0.25) is 14.5 Å². The third-order valence-electron chi connectivity index (χ3n) is 3.58. The van der Waals surface area contributed by atoms with Crippen LogP contribution < -0.4 is 5.32 Å². The average Bonchev–Trinajstić information content (AvgIpc) is 2.42. The van der Waals surface area contributed by atoms with Gasteiger partial charge in [0.05, 0.1) is 17.3 Å². The summed E-state index contributed by atoms with van der Waals surface area (Å²) >= 11 is 6.10. The molecule has 5 nitrogen and oxygen atoms in total. The van der Waals surface area contributed by atoms with E-state index in [0.29, 0.717) is 43.4 Å². The van der Waals surface area contributed by atoms with Crippen molar-refractivity contribution in [2.75, 3.05) is 38.0 Å². The molecule has 0 aliphatic carbocycles. The Morgan fingerprint density at radius 1 is 1.24 bits per heavy atom. The molecule has 1 aromatic rings. The van der Waals surface area contributed by atoms with Gasteiger partial charge in [0.25, 0.3) is 0 Å². The number of nitrogens with zero attached hydrogens (tertiary/aromatic N) is 2. The minimum Gasteiger partial charge on any atom is -0.340 e. The average molecular weight is 310 g/mol. The Hall–Kier alpha value is -1.59. The standard InChI is InChI=1S/C15H20ClN3O2/c1-11-3-4-14(13(16)9-11)17-15(21)10-18-5-7-19(8-6-18)12(2)20/h3-4,9H,5-8,10H2,1-2H3,(H,17,21). The normalized spacial score (nSPS) is 15.9. The SMILES string of the molecule is CC(=O)N1CCN(CC(=O)Nc2ccc(C)cc2Cl)CC1. The molecule has 1 fully saturated rings. The van der Waals surface area contributed by atoms with Gasteiger partial charge in [0.2, 0.25) is 11.8 Å². The highest BCUT2D eigenvalue weighted by atomic mass is 35.5. The summed E-state index contributed by atoms with van der Waals surface area (Å²) in [4.78, 5) is 27.1. The fraction of sp³-hybridized carbons (Fsp3) is 0.467. The van der Waals surface area contributed by atoms with Gasteiger partial charge in [-0.1, -0.05) is 17.7 Å². The third kappa shape index (κ3) is 4.44. The topological polar surface area (TPSA) is 52.7 Å². The summed E-state index contributed by atoms with van der Waals surface area (Å²) in [6.45, 7) is 6.62. The fourth-order valence-corrected chi connectivity index (χ4v) is 2.62. The summed E-state index contributed by atoms with van der Waals surface area (Å²) in [5.74, 6) is 0.00238. The lowest BCUT2D eigenvalue weighted by molar-refractivity contribution is -0.130. The number of hydrogen-bond donors (Lipinski definition) is 1. The highest BCUT2D eigenvalue weighted by Gasteiger charge is 2.20. The number of carbonyl (C=O) groups is 2. The van der Waals surface area contributed by atoms with Gasteiger partial charge in [0.1, 0.15) is 0 Å². The van der Waals surface area contributed by atoms with Crippen molar-refractivity contribution in [2.24, 2.45) is 0 Å². The van der Waals surface area contributed by atoms with Crippen LogP contribution in [-0.4, -0.2) is 54.3 Å². The first-order chi connectivity index (χ1) is 9.95. The van der Waals surface area contributed by atoms with Crippen LogP contribution in [0.2, 0.25) is 5.02 Å². The molecule has 1 aromatic carbocycles. The Morgan fingerprint density at radius 2 is 1.90 bits per heavy atom. The number of hydrogen-bond acceptors (Lipinski definition) is 3. The molecule has 1 saturated heterocycles. The molecule has 0 aromatic heterocycles. The molecule has 1 heterocycles. The molecule has 1 aliphatic rings. The highest BCUT2D eigenvalue weighted by Crippen LogP contribution is 2.22. The number of piperazine rings is 1. The van der Waals surface area contributed by atoms with E-state index in [-0.39, 0.29) is 11.8 Å². The maximum atomic E-state index is 12.0. The van der Waals surface area contributed by atoms with Crippen LogP contribution in [0.3, 0.4) is 0 Å². The number of rotatable bonds is 3. The Labute approximate surface area is 129 Å². The van der Waals surface area contributed by atoms with E-state index in [2.05, 4.69) is 5.32 Å². The molecule has 0 bridgehead atoms. The minimum atomic E-state index is -0.0861. The van der Waals surface area contributed by atoms with Gasteiger partial charge in [0, 0.05) is 33.1 Å². The van der Waals surface area contributed by atoms with Crippen molar-refractivity contribution in [1.82, 2.24) is 9.80 Å². The van der Waals surface area contributed by atoms with Crippen molar-refractivity contribution in [3.63, 3.8) is 0 Å². The van der Waals surface area contributed by atoms with Crippen molar-refractivity contribution < 1.29 is 9.59 Å². The molecule has 1 aliphatic heterocycles. The molecule has 2 amide bonds. The van der Waals surface area contributed by atoms with E-state index >= 15 is 0 Å². The number of nitrogens with one attached hydrogen (secondary N) is 1. The summed E-state index contributed by atoms with van der Waals surface area (Å²) in [6.07, 6.45) is 0. The summed E-state index contributed by atoms with van der Waals surface area (Å²) in [7, 11) is 0. The molecular formula is C15H20ClN3O2. The Balaban J connectivity index is 1.84. The number of aryl methyl sites for hydroxylation is 1. The zero-order valence-corrected chi connectivity index (χ0v) is 13.1. The lowest BCUT2D eigenvalue weighted by Crippen LogP contribution is -2.49. The maximum Gasteiger partial charge on any atom is 0.238 e. The first-order valence-electron chi connectivity index (χ1n) is 6.99. The Morgan fingerprint density at radius 3 is 2.48 bits per heavy atom. The van der Waals surface area contributed by atoms with E-state index in [1.807, 2.05) is 30.0 Å². The van der Waals surface area contributed by atoms with E-state index in [1.165, 1.54) is 0 Å². The predicted molar refractivity (Wildman–Crippen MR) is 83.5 cm³/mol. The molecule has 1 N–H and O–H groups in total. The molecule has 0 radical (unpaired) electrons. The smallest absolute Gasteiger partial charge is 0.238 e. The minimum absolute atomic E-state index is 0.0861. The molecular weight excluding hydrogens is 290 g/mol. The monoisotopic (exact) mass is 309 g/mol. The van der Waals surface area contributed by atoms with Crippen molar-refractivity contribution in [3.8, 4) is 0 Å². The van der Waals surface area contributed by atoms with Crippen LogP contribution in [0.4, 0.5) is 5.69 Å². The van der Waals surface area contributed by atoms with E-state index in [1.54, 1.807) is 11.8 Å². The van der Waals surface area contributed by atoms with Crippen LogP contribution in [-0.2, 0) is 9.59 Å². The fourth-order valence-electron chi connectivity index (χ4n) is 2.34. The van der Waals surface area contributed by atoms with Crippen LogP contribution in [0.1, 0.15) is 12.5 Å². The number of anilines is 1. The second-order valence-electron chi connectivity index (χ2n) is 5.31. The Bertz CT molecular complexity index is 540. The van der Waals surface area contributed by atoms with Gasteiger partial charge >= 0.3 is 0 Å². The van der Waals surface area contributed by atoms with Gasteiger partial charge in [-0.15, -0.1) is 0 Å². The molecule has 114 valence electrons. The maximum absolute atomic E-state index is 12.0. The summed E-state index contributed by atoms with van der Waals surface area (Å²) in [5, 5.41) is 3.37. The van der Waals surface area contributed by atoms with Crippen molar-refractivity contribution in [1.29, 1.82) is 0 Å². The molecule has 0 spiro atoms. The van der Waals surface area contributed by atoms with Gasteiger partial charge in [-0.05, 0) is 24.6 Å². The molecule has 21 heavy (non-hydrogen) atoms. The Kier molecular flexibility index (Phi) is 5.20. The summed E-state index contributed by atoms with van der Waals surface area (Å²) in [5.41, 5.74) is 1.69. The van der Waals surface area contributed by atoms with Gasteiger partial charge < -0.3 is 10.2 Å². The lowest BCUT2D eigenvalue weighted by Gasteiger charge is -2.33. The van der Waals surface area contributed by atoms with Gasteiger partial charge in [0.15, 0.2) is 0 Å². The second kappa shape index (κ2) is 6.91. The molecule has 6 heteroatoms. The summed E-state index contributed by atoms with van der Waals surface area (Å²) in [6, 6.07) is 5.54. The van der Waals surface area contributed by atoms with Crippen molar-refractivity contribution in [3.05, 3.63) is 28.8 Å². The van der Waals surface area contributed by atoms with Crippen LogP contribution >= 0.6 is 11.6 Å². The second-order valence-corrected chi connectivity index (χ2v) is 5.72. The van der Waals surface area contributed by atoms with E-state index < -0.39 is 0 Å². The largest absolute Gasteiger partial charge is 0.340 e. The number of benzene rings is 1. The number of carbonyl (C=O) groups excluding carboxylic acids is 2. The lowest BCUT2D eigenvalue weighted by atomic mass is 10.2. The highest BCUT2D eigenvalue weighted by molar-refractivity contribution is 6.33. The first-order valence-corrected chi connectivity index (χ1v) is 7.37. The quantitative estimate of drug-likeness (QED) is 0.925. The van der Waals surface area contributed by atoms with Crippen LogP contribution in [0.5, 0.6) is 0 Å². The number of halogens is 1. The van der Waals surface area contributed by atoms with E-state index in [4.69, 9.17) is 11.6 Å². The van der Waals surface area contributed by atoms with Gasteiger partial charge in [-0.25, -0.2) is 0 Å².